The quantitative estimate of drug-likeness (QED) is 0.489. The maximum absolute atomic E-state index is 12.8. The first-order valence-corrected chi connectivity index (χ1v) is 8.82. The Morgan fingerprint density at radius 1 is 1.22 bits per heavy atom. The molecule has 0 radical (unpaired) electrons. The van der Waals surface area contributed by atoms with Crippen LogP contribution in [0.4, 0.5) is 0 Å². The first-order chi connectivity index (χ1) is 12.9. The molecular formula is C22H22O5. The van der Waals surface area contributed by atoms with E-state index in [4.69, 9.17) is 9.47 Å². The number of ether oxygens (including phenoxy) is 2. The molecule has 5 heteroatoms. The number of aromatic hydroxyl groups is 1. The van der Waals surface area contributed by atoms with Gasteiger partial charge in [-0.2, -0.15) is 0 Å². The van der Waals surface area contributed by atoms with E-state index in [2.05, 4.69) is 0 Å². The molecule has 3 rings (SSSR count). The van der Waals surface area contributed by atoms with Crippen LogP contribution < -0.4 is 9.47 Å². The lowest BCUT2D eigenvalue weighted by atomic mass is 9.93. The number of ketones is 1. The van der Waals surface area contributed by atoms with E-state index in [1.165, 1.54) is 6.92 Å². The predicted octanol–water partition coefficient (Wildman–Crippen LogP) is 4.53. The number of esters is 1. The minimum atomic E-state index is -0.580. The molecule has 2 aromatic carbocycles. The van der Waals surface area contributed by atoms with Gasteiger partial charge in [0.1, 0.15) is 28.9 Å². The van der Waals surface area contributed by atoms with Crippen molar-refractivity contribution in [2.24, 2.45) is 0 Å². The van der Waals surface area contributed by atoms with E-state index < -0.39 is 12.1 Å². The van der Waals surface area contributed by atoms with Crippen molar-refractivity contribution in [3.05, 3.63) is 64.7 Å². The van der Waals surface area contributed by atoms with Crippen LogP contribution in [0.5, 0.6) is 17.2 Å². The maximum atomic E-state index is 12.8. The van der Waals surface area contributed by atoms with Gasteiger partial charge in [0.15, 0.2) is 5.78 Å². The Labute approximate surface area is 158 Å². The van der Waals surface area contributed by atoms with E-state index in [0.717, 1.165) is 5.57 Å². The van der Waals surface area contributed by atoms with Crippen molar-refractivity contribution < 1.29 is 24.2 Å². The first-order valence-electron chi connectivity index (χ1n) is 8.82. The fourth-order valence-electron chi connectivity index (χ4n) is 3.10. The van der Waals surface area contributed by atoms with Gasteiger partial charge in [-0.15, -0.1) is 0 Å². The van der Waals surface area contributed by atoms with Gasteiger partial charge >= 0.3 is 5.97 Å². The number of allylic oxidation sites excluding steroid dienone is 2. The standard InChI is InChI=1S/C22H22O5/c1-13(2)8-9-15-10-11-19-21(22(15)25)17(24)12-20(27-19)16-6-4-5-7-18(16)26-14(3)23/h4-8,10-11,20,25H,9,12H2,1-3H3. The minimum Gasteiger partial charge on any atom is -0.507 e. The molecule has 5 nitrogen and oxygen atoms in total. The number of carbonyl (C=O) groups is 2. The van der Waals surface area contributed by atoms with Crippen LogP contribution in [0.3, 0.4) is 0 Å². The number of para-hydroxylation sites is 1. The lowest BCUT2D eigenvalue weighted by molar-refractivity contribution is -0.132. The van der Waals surface area contributed by atoms with Gasteiger partial charge < -0.3 is 14.6 Å². The number of phenols is 1. The van der Waals surface area contributed by atoms with Crippen LogP contribution in [0.2, 0.25) is 0 Å². The van der Waals surface area contributed by atoms with Gasteiger partial charge in [0.05, 0.1) is 6.42 Å². The van der Waals surface area contributed by atoms with Gasteiger partial charge in [-0.25, -0.2) is 0 Å². The monoisotopic (exact) mass is 366 g/mol. The maximum Gasteiger partial charge on any atom is 0.308 e. The third-order valence-corrected chi connectivity index (χ3v) is 4.39. The molecule has 0 amide bonds. The summed E-state index contributed by atoms with van der Waals surface area (Å²) in [6, 6.07) is 10.5. The highest BCUT2D eigenvalue weighted by atomic mass is 16.5. The summed E-state index contributed by atoms with van der Waals surface area (Å²) >= 11 is 0. The summed E-state index contributed by atoms with van der Waals surface area (Å²) in [4.78, 5) is 24.1. The lowest BCUT2D eigenvalue weighted by Gasteiger charge is -2.27. The molecule has 0 bridgehead atoms. The molecule has 2 aromatic rings. The molecule has 1 aliphatic heterocycles. The normalized spacial score (nSPS) is 15.5. The third-order valence-electron chi connectivity index (χ3n) is 4.39. The number of hydrogen-bond acceptors (Lipinski definition) is 5. The number of carbonyl (C=O) groups excluding carboxylic acids is 2. The van der Waals surface area contributed by atoms with E-state index in [9.17, 15) is 14.7 Å². The van der Waals surface area contributed by atoms with Crippen LogP contribution in [-0.4, -0.2) is 16.9 Å². The van der Waals surface area contributed by atoms with Crippen molar-refractivity contribution in [1.29, 1.82) is 0 Å². The smallest absolute Gasteiger partial charge is 0.308 e. The van der Waals surface area contributed by atoms with Gasteiger partial charge in [-0.05, 0) is 38.0 Å². The highest BCUT2D eigenvalue weighted by Crippen LogP contribution is 2.42. The van der Waals surface area contributed by atoms with Crippen molar-refractivity contribution in [1.82, 2.24) is 0 Å². The van der Waals surface area contributed by atoms with E-state index in [0.29, 0.717) is 29.0 Å². The predicted molar refractivity (Wildman–Crippen MR) is 101 cm³/mol. The van der Waals surface area contributed by atoms with Crippen LogP contribution in [0, 0.1) is 0 Å². The number of rotatable bonds is 4. The lowest BCUT2D eigenvalue weighted by Crippen LogP contribution is -2.21. The molecule has 0 spiro atoms. The van der Waals surface area contributed by atoms with Crippen molar-refractivity contribution in [2.45, 2.75) is 39.7 Å². The fourth-order valence-corrected chi connectivity index (χ4v) is 3.10. The summed E-state index contributed by atoms with van der Waals surface area (Å²) in [5.41, 5.74) is 2.66. The second kappa shape index (κ2) is 7.66. The summed E-state index contributed by atoms with van der Waals surface area (Å²) in [6.45, 7) is 5.29. The summed E-state index contributed by atoms with van der Waals surface area (Å²) < 4.78 is 11.2. The van der Waals surface area contributed by atoms with Crippen LogP contribution in [-0.2, 0) is 11.2 Å². The van der Waals surface area contributed by atoms with Gasteiger partial charge in [-0.3, -0.25) is 9.59 Å². The topological polar surface area (TPSA) is 72.8 Å². The van der Waals surface area contributed by atoms with E-state index >= 15 is 0 Å². The first kappa shape index (κ1) is 18.7. The number of phenolic OH excluding ortho intramolecular Hbond substituents is 1. The molecule has 1 heterocycles. The Bertz CT molecular complexity index is 922. The fraction of sp³-hybridized carbons (Fsp3) is 0.273. The summed E-state index contributed by atoms with van der Waals surface area (Å²) in [5, 5.41) is 10.5. The second-order valence-corrected chi connectivity index (χ2v) is 6.80. The Morgan fingerprint density at radius 3 is 2.67 bits per heavy atom. The number of hydrogen-bond donors (Lipinski definition) is 1. The van der Waals surface area contributed by atoms with Crippen LogP contribution in [0.15, 0.2) is 48.0 Å². The molecule has 1 unspecified atom stereocenters. The van der Waals surface area contributed by atoms with Gasteiger partial charge in [-0.1, -0.05) is 35.9 Å². The Balaban J connectivity index is 1.94. The third kappa shape index (κ3) is 4.03. The zero-order valence-electron chi connectivity index (χ0n) is 15.6. The molecule has 1 aliphatic rings. The van der Waals surface area contributed by atoms with Crippen molar-refractivity contribution in [3.63, 3.8) is 0 Å². The van der Waals surface area contributed by atoms with Gasteiger partial charge in [0.25, 0.3) is 0 Å². The highest BCUT2D eigenvalue weighted by molar-refractivity contribution is 6.03. The van der Waals surface area contributed by atoms with E-state index in [1.807, 2.05) is 19.9 Å². The zero-order chi connectivity index (χ0) is 19.6. The van der Waals surface area contributed by atoms with Crippen LogP contribution >= 0.6 is 0 Å². The molecule has 27 heavy (non-hydrogen) atoms. The molecule has 140 valence electrons. The zero-order valence-corrected chi connectivity index (χ0v) is 15.6. The molecular weight excluding hydrogens is 344 g/mol. The molecule has 0 aromatic heterocycles. The molecule has 0 fully saturated rings. The summed E-state index contributed by atoms with van der Waals surface area (Å²) in [7, 11) is 0. The number of benzene rings is 2. The van der Waals surface area contributed by atoms with Gasteiger partial charge in [0, 0.05) is 12.5 Å². The molecule has 0 saturated heterocycles. The second-order valence-electron chi connectivity index (χ2n) is 6.80. The largest absolute Gasteiger partial charge is 0.507 e. The summed E-state index contributed by atoms with van der Waals surface area (Å²) in [5.74, 6) is 0.0478. The van der Waals surface area contributed by atoms with E-state index in [-0.39, 0.29) is 23.5 Å². The Morgan fingerprint density at radius 2 is 1.96 bits per heavy atom. The molecule has 0 saturated carbocycles. The van der Waals surface area contributed by atoms with Crippen LogP contribution in [0.25, 0.3) is 0 Å². The van der Waals surface area contributed by atoms with Crippen molar-refractivity contribution >= 4 is 11.8 Å². The Kier molecular flexibility index (Phi) is 5.31. The van der Waals surface area contributed by atoms with Crippen LogP contribution in [0.1, 0.15) is 54.8 Å². The highest BCUT2D eigenvalue weighted by Gasteiger charge is 2.32. The molecule has 1 N–H and O–H groups in total. The number of Topliss-reactive ketones (excluding diaryl/α,β-unsaturated/α-hetero) is 1. The van der Waals surface area contributed by atoms with Crippen molar-refractivity contribution in [2.75, 3.05) is 0 Å². The van der Waals surface area contributed by atoms with Crippen molar-refractivity contribution in [3.8, 4) is 17.2 Å². The summed E-state index contributed by atoms with van der Waals surface area (Å²) in [6.07, 6.45) is 2.02. The van der Waals surface area contributed by atoms with E-state index in [1.54, 1.807) is 36.4 Å². The number of fused-ring (bicyclic) bond motifs is 1. The van der Waals surface area contributed by atoms with Gasteiger partial charge in [0.2, 0.25) is 0 Å². The Hall–Kier alpha value is -3.08. The SMILES string of the molecule is CC(=O)Oc1ccccc1C1CC(=O)c2c(ccc(CC=C(C)C)c2O)O1. The molecule has 0 aliphatic carbocycles. The molecule has 1 atom stereocenters. The average Bonchev–Trinajstić information content (AvgIpc) is 2.60. The minimum absolute atomic E-state index is 0.0262. The average molecular weight is 366 g/mol.